The molecular weight excluding hydrogens is 432 g/mol. The lowest BCUT2D eigenvalue weighted by atomic mass is 10.0. The number of fused-ring (bicyclic) bond motifs is 1. The van der Waals surface area contributed by atoms with Crippen molar-refractivity contribution in [1.82, 2.24) is 10.3 Å². The molecule has 0 bridgehead atoms. The molecule has 0 radical (unpaired) electrons. The number of nitrogens with one attached hydrogen (secondary N) is 1. The maximum atomic E-state index is 11.2. The molecule has 1 aromatic heterocycles. The van der Waals surface area contributed by atoms with Gasteiger partial charge in [-0.3, -0.25) is 4.79 Å². The minimum Gasteiger partial charge on any atom is -0.497 e. The summed E-state index contributed by atoms with van der Waals surface area (Å²) in [5.74, 6) is 7.17. The molecule has 0 saturated heterocycles. The Labute approximate surface area is 201 Å². The zero-order chi connectivity index (χ0) is 24.3. The van der Waals surface area contributed by atoms with Crippen LogP contribution in [0, 0.1) is 11.8 Å². The van der Waals surface area contributed by atoms with Crippen LogP contribution in [-0.4, -0.2) is 31.2 Å². The number of unbranched alkanes of at least 4 members (excludes halogenated alkanes) is 1. The molecule has 6 heteroatoms. The first kappa shape index (κ1) is 26.4. The predicted octanol–water partition coefficient (Wildman–Crippen LogP) is 5.92. The number of hydrogen-bond donors (Lipinski definition) is 1. The number of nitrogens with zero attached hydrogens (tertiary/aromatic N) is 1. The average Bonchev–Trinajstić information content (AvgIpc) is 3.22. The van der Waals surface area contributed by atoms with E-state index in [1.54, 1.807) is 25.6 Å². The molecule has 3 aromatic rings. The van der Waals surface area contributed by atoms with E-state index >= 15 is 0 Å². The van der Waals surface area contributed by atoms with E-state index in [-0.39, 0.29) is 11.6 Å². The van der Waals surface area contributed by atoms with Crippen LogP contribution in [0.15, 0.2) is 42.5 Å². The van der Waals surface area contributed by atoms with Crippen LogP contribution in [0.4, 0.5) is 0 Å². The second-order valence-electron chi connectivity index (χ2n) is 8.50. The molecule has 1 heterocycles. The molecule has 1 N–H and O–H groups in total. The number of aromatic nitrogens is 1. The number of benzene rings is 2. The third-order valence-electron chi connectivity index (χ3n) is 4.77. The molecule has 1 amide bonds. The van der Waals surface area contributed by atoms with Gasteiger partial charge < -0.3 is 14.8 Å². The van der Waals surface area contributed by atoms with Gasteiger partial charge in [-0.05, 0) is 69.5 Å². The normalized spacial score (nSPS) is 11.6. The van der Waals surface area contributed by atoms with Crippen molar-refractivity contribution in [2.75, 3.05) is 14.2 Å². The van der Waals surface area contributed by atoms with E-state index in [1.165, 1.54) is 0 Å². The summed E-state index contributed by atoms with van der Waals surface area (Å²) < 4.78 is 11.3. The van der Waals surface area contributed by atoms with Crippen LogP contribution < -0.4 is 10.1 Å². The van der Waals surface area contributed by atoms with Crippen LogP contribution in [0.3, 0.4) is 0 Å². The Kier molecular flexibility index (Phi) is 10.4. The second kappa shape index (κ2) is 13.0. The van der Waals surface area contributed by atoms with Gasteiger partial charge in [0.2, 0.25) is 6.41 Å². The Bertz CT molecular complexity index is 1090. The van der Waals surface area contributed by atoms with E-state index in [2.05, 4.69) is 36.2 Å². The van der Waals surface area contributed by atoms with Gasteiger partial charge in [-0.25, -0.2) is 4.98 Å². The Balaban J connectivity index is 0.000000569. The maximum Gasteiger partial charge on any atom is 0.207 e. The van der Waals surface area contributed by atoms with E-state index in [0.717, 1.165) is 51.4 Å². The van der Waals surface area contributed by atoms with Crippen molar-refractivity contribution in [2.45, 2.75) is 58.6 Å². The van der Waals surface area contributed by atoms with E-state index in [0.29, 0.717) is 6.42 Å². The molecule has 176 valence electrons. The van der Waals surface area contributed by atoms with Crippen molar-refractivity contribution in [2.24, 2.45) is 0 Å². The van der Waals surface area contributed by atoms with Crippen LogP contribution in [-0.2, 0) is 16.0 Å². The molecular formula is C27H34N2O3S. The topological polar surface area (TPSA) is 60.5 Å². The minimum atomic E-state index is -0.176. The number of thiazole rings is 1. The standard InChI is InChI=1S/C22H22N2O2S.C5H12O/c1-3-4-5-7-16-8-6-9-17(12-16)13-20(23-15-25)22-24-19-11-10-18(26-2)14-21(19)27-22;1-5(2,3)6-4/h6,8-12,14-15,20H,3-4,13H2,1-2H3,(H,23,25);1-4H3. The van der Waals surface area contributed by atoms with Gasteiger partial charge in [0, 0.05) is 19.1 Å². The van der Waals surface area contributed by atoms with Crippen LogP contribution in [0.25, 0.3) is 10.2 Å². The van der Waals surface area contributed by atoms with Crippen molar-refractivity contribution in [3.05, 3.63) is 58.6 Å². The van der Waals surface area contributed by atoms with Gasteiger partial charge in [0.05, 0.1) is 29.0 Å². The molecule has 0 aliphatic rings. The molecule has 1 unspecified atom stereocenters. The van der Waals surface area contributed by atoms with Gasteiger partial charge in [0.1, 0.15) is 10.8 Å². The van der Waals surface area contributed by atoms with Crippen LogP contribution in [0.1, 0.15) is 62.7 Å². The highest BCUT2D eigenvalue weighted by molar-refractivity contribution is 7.18. The van der Waals surface area contributed by atoms with Crippen molar-refractivity contribution in [3.8, 4) is 17.6 Å². The lowest BCUT2D eigenvalue weighted by Gasteiger charge is -2.14. The summed E-state index contributed by atoms with van der Waals surface area (Å²) in [5.41, 5.74) is 3.07. The van der Waals surface area contributed by atoms with Gasteiger partial charge in [-0.2, -0.15) is 0 Å². The van der Waals surface area contributed by atoms with E-state index in [1.807, 2.05) is 51.1 Å². The molecule has 5 nitrogen and oxygen atoms in total. The molecule has 0 fully saturated rings. The third kappa shape index (κ3) is 8.88. The highest BCUT2D eigenvalue weighted by atomic mass is 32.1. The lowest BCUT2D eigenvalue weighted by Crippen LogP contribution is -2.21. The summed E-state index contributed by atoms with van der Waals surface area (Å²) in [4.78, 5) is 15.9. The van der Waals surface area contributed by atoms with Gasteiger partial charge in [-0.15, -0.1) is 11.3 Å². The van der Waals surface area contributed by atoms with E-state index < -0.39 is 0 Å². The second-order valence-corrected chi connectivity index (χ2v) is 9.56. The summed E-state index contributed by atoms with van der Waals surface area (Å²) in [7, 11) is 3.36. The van der Waals surface area contributed by atoms with Crippen molar-refractivity contribution < 1.29 is 14.3 Å². The largest absolute Gasteiger partial charge is 0.497 e. The number of carbonyl (C=O) groups is 1. The van der Waals surface area contributed by atoms with E-state index in [9.17, 15) is 4.79 Å². The first-order valence-corrected chi connectivity index (χ1v) is 11.9. The molecule has 0 saturated carbocycles. The molecule has 0 spiro atoms. The number of amides is 1. The zero-order valence-electron chi connectivity index (χ0n) is 20.4. The molecule has 3 rings (SSSR count). The Hall–Kier alpha value is -2.88. The summed E-state index contributed by atoms with van der Waals surface area (Å²) in [6, 6.07) is 13.8. The number of carbonyl (C=O) groups excluding carboxylic acids is 1. The minimum absolute atomic E-state index is 0.0417. The summed E-state index contributed by atoms with van der Waals surface area (Å²) in [5, 5.41) is 3.79. The first-order chi connectivity index (χ1) is 15.8. The quantitative estimate of drug-likeness (QED) is 0.347. The van der Waals surface area contributed by atoms with E-state index in [4.69, 9.17) is 14.5 Å². The third-order valence-corrected chi connectivity index (χ3v) is 5.90. The van der Waals surface area contributed by atoms with Crippen molar-refractivity contribution in [3.63, 3.8) is 0 Å². The fourth-order valence-electron chi connectivity index (χ4n) is 2.80. The van der Waals surface area contributed by atoms with Gasteiger partial charge in [-0.1, -0.05) is 30.9 Å². The van der Waals surface area contributed by atoms with Crippen LogP contribution in [0.5, 0.6) is 5.75 Å². The fourth-order valence-corrected chi connectivity index (χ4v) is 3.86. The zero-order valence-corrected chi connectivity index (χ0v) is 21.2. The number of ether oxygens (including phenoxy) is 2. The molecule has 2 aromatic carbocycles. The van der Waals surface area contributed by atoms with Crippen LogP contribution >= 0.6 is 11.3 Å². The number of rotatable bonds is 7. The van der Waals surface area contributed by atoms with Crippen molar-refractivity contribution >= 4 is 28.0 Å². The Morgan fingerprint density at radius 1 is 1.18 bits per heavy atom. The summed E-state index contributed by atoms with van der Waals surface area (Å²) in [6.07, 6.45) is 3.36. The monoisotopic (exact) mass is 466 g/mol. The van der Waals surface area contributed by atoms with Crippen LogP contribution in [0.2, 0.25) is 0 Å². The highest BCUT2D eigenvalue weighted by Gasteiger charge is 2.17. The Morgan fingerprint density at radius 3 is 2.58 bits per heavy atom. The van der Waals surface area contributed by atoms with Crippen molar-refractivity contribution in [1.29, 1.82) is 0 Å². The fraction of sp³-hybridized carbons (Fsp3) is 0.407. The molecule has 0 aliphatic carbocycles. The molecule has 0 aliphatic heterocycles. The summed E-state index contributed by atoms with van der Waals surface area (Å²) in [6.45, 7) is 8.18. The summed E-state index contributed by atoms with van der Waals surface area (Å²) >= 11 is 1.57. The first-order valence-electron chi connectivity index (χ1n) is 11.1. The van der Waals surface area contributed by atoms with Gasteiger partial charge in [0.15, 0.2) is 0 Å². The van der Waals surface area contributed by atoms with Gasteiger partial charge in [0.25, 0.3) is 0 Å². The predicted molar refractivity (Wildman–Crippen MR) is 137 cm³/mol. The SMILES string of the molecule is CCCC#Cc1cccc(CC(NC=O)c2nc3ccc(OC)cc3s2)c1.COC(C)(C)C. The Morgan fingerprint density at radius 2 is 1.94 bits per heavy atom. The molecule has 33 heavy (non-hydrogen) atoms. The average molecular weight is 467 g/mol. The highest BCUT2D eigenvalue weighted by Crippen LogP contribution is 2.30. The smallest absolute Gasteiger partial charge is 0.207 e. The lowest BCUT2D eigenvalue weighted by molar-refractivity contribution is -0.110. The van der Waals surface area contributed by atoms with Gasteiger partial charge >= 0.3 is 0 Å². The molecule has 1 atom stereocenters. The number of hydrogen-bond acceptors (Lipinski definition) is 5. The maximum absolute atomic E-state index is 11.2. The number of methoxy groups -OCH3 is 2.